The van der Waals surface area contributed by atoms with E-state index in [2.05, 4.69) is 52.0 Å². The highest BCUT2D eigenvalue weighted by atomic mass is 19.4. The van der Waals surface area contributed by atoms with Crippen molar-refractivity contribution in [3.05, 3.63) is 65.5 Å². The summed E-state index contributed by atoms with van der Waals surface area (Å²) in [5.41, 5.74) is 3.55. The molecule has 1 aromatic heterocycles. The minimum atomic E-state index is -5.08. The Morgan fingerprint density at radius 1 is 0.923 bits per heavy atom. The Morgan fingerprint density at radius 2 is 1.49 bits per heavy atom. The number of rotatable bonds is 4. The molecule has 1 spiro atoms. The normalized spacial score (nSPS) is 19.3. The van der Waals surface area contributed by atoms with E-state index in [1.807, 2.05) is 12.3 Å². The maximum atomic E-state index is 13.1. The second-order valence-corrected chi connectivity index (χ2v) is 9.17. The van der Waals surface area contributed by atoms with E-state index in [-0.39, 0.29) is 5.41 Å². The summed E-state index contributed by atoms with van der Waals surface area (Å²) in [4.78, 5) is 39.6. The number of carbonyl (C=O) groups is 3. The Labute approximate surface area is 219 Å². The highest BCUT2D eigenvalue weighted by Gasteiger charge is 2.50. The van der Waals surface area contributed by atoms with Crippen LogP contribution in [0, 0.1) is 12.3 Å². The van der Waals surface area contributed by atoms with E-state index < -0.39 is 24.3 Å². The van der Waals surface area contributed by atoms with Gasteiger partial charge in [-0.1, -0.05) is 35.9 Å². The van der Waals surface area contributed by atoms with Gasteiger partial charge in [0.2, 0.25) is 5.91 Å². The Morgan fingerprint density at radius 3 is 2.00 bits per heavy atom. The van der Waals surface area contributed by atoms with Crippen molar-refractivity contribution in [2.24, 2.45) is 5.41 Å². The quantitative estimate of drug-likeness (QED) is 0.535. The predicted octanol–water partition coefficient (Wildman–Crippen LogP) is 4.28. The number of benzene rings is 1. The number of alkyl halides is 6. The first-order valence-corrected chi connectivity index (χ1v) is 11.6. The highest BCUT2D eigenvalue weighted by Crippen LogP contribution is 2.41. The van der Waals surface area contributed by atoms with Gasteiger partial charge in [-0.2, -0.15) is 26.3 Å². The van der Waals surface area contributed by atoms with E-state index in [9.17, 15) is 31.1 Å². The second kappa shape index (κ2) is 12.9. The molecule has 0 saturated carbocycles. The van der Waals surface area contributed by atoms with E-state index in [4.69, 9.17) is 19.8 Å². The lowest BCUT2D eigenvalue weighted by Gasteiger charge is -2.24. The topological polar surface area (TPSA) is 111 Å². The molecule has 39 heavy (non-hydrogen) atoms. The third-order valence-corrected chi connectivity index (χ3v) is 6.10. The van der Waals surface area contributed by atoms with E-state index in [0.29, 0.717) is 5.91 Å². The Hall–Kier alpha value is -3.68. The van der Waals surface area contributed by atoms with Crippen LogP contribution in [-0.4, -0.2) is 74.8 Å². The molecule has 214 valence electrons. The van der Waals surface area contributed by atoms with Gasteiger partial charge in [-0.3, -0.25) is 14.7 Å². The van der Waals surface area contributed by atoms with Crippen molar-refractivity contribution in [2.75, 3.05) is 19.6 Å². The number of amides is 1. The fraction of sp³-hybridized carbons (Fsp3) is 0.440. The van der Waals surface area contributed by atoms with E-state index in [1.54, 1.807) is 6.20 Å². The summed E-state index contributed by atoms with van der Waals surface area (Å²) in [5, 5.41) is 14.2. The van der Waals surface area contributed by atoms with Crippen LogP contribution in [0.4, 0.5) is 26.3 Å². The van der Waals surface area contributed by atoms with Crippen molar-refractivity contribution in [1.29, 1.82) is 0 Å². The van der Waals surface area contributed by atoms with Gasteiger partial charge in [0.25, 0.3) is 0 Å². The smallest absolute Gasteiger partial charge is 0.475 e. The van der Waals surface area contributed by atoms with Crippen LogP contribution >= 0.6 is 0 Å². The zero-order valence-electron chi connectivity index (χ0n) is 20.8. The molecular weight excluding hydrogens is 536 g/mol. The summed E-state index contributed by atoms with van der Waals surface area (Å²) in [6.45, 7) is 6.49. The molecule has 1 aromatic carbocycles. The highest BCUT2D eigenvalue weighted by molar-refractivity contribution is 5.85. The first-order chi connectivity index (χ1) is 18.0. The van der Waals surface area contributed by atoms with Gasteiger partial charge in [-0.05, 0) is 43.5 Å². The number of hydrogen-bond acceptors (Lipinski definition) is 5. The third kappa shape index (κ3) is 9.53. The molecule has 4 rings (SSSR count). The lowest BCUT2D eigenvalue weighted by atomic mass is 9.85. The number of aromatic nitrogens is 1. The van der Waals surface area contributed by atoms with Gasteiger partial charge in [-0.25, -0.2) is 9.59 Å². The van der Waals surface area contributed by atoms with Crippen molar-refractivity contribution in [2.45, 2.75) is 45.2 Å². The SMILES string of the molecule is Cc1cccc(CN2CCC3(CCN(Cc4cccnc4)C3)C2=O)c1.O=C(O)C(F)(F)F.O=C(O)C(F)(F)F. The molecule has 1 unspecified atom stereocenters. The largest absolute Gasteiger partial charge is 0.490 e. The second-order valence-electron chi connectivity index (χ2n) is 9.17. The van der Waals surface area contributed by atoms with Crippen LogP contribution in [0.2, 0.25) is 0 Å². The molecule has 2 N–H and O–H groups in total. The summed E-state index contributed by atoms with van der Waals surface area (Å²) in [6.07, 6.45) is -4.47. The molecule has 2 saturated heterocycles. The molecule has 0 bridgehead atoms. The summed E-state index contributed by atoms with van der Waals surface area (Å²) in [5.74, 6) is -5.16. The van der Waals surface area contributed by atoms with Gasteiger partial charge < -0.3 is 15.1 Å². The van der Waals surface area contributed by atoms with Crippen molar-refractivity contribution in [3.63, 3.8) is 0 Å². The number of nitrogens with zero attached hydrogens (tertiary/aromatic N) is 3. The standard InChI is InChI=1S/C21H25N3O.2C2HF3O2/c1-17-4-2-5-18(12-17)15-24-11-8-21(20(24)25)7-10-23(16-21)14-19-6-3-9-22-13-19;2*3-2(4,5)1(6)7/h2-6,9,12-13H,7-8,10-11,14-16H2,1H3;2*(H,6,7). The number of aliphatic carboxylic acids is 2. The van der Waals surface area contributed by atoms with E-state index in [0.717, 1.165) is 45.6 Å². The number of carboxylic acids is 2. The molecule has 8 nitrogen and oxygen atoms in total. The van der Waals surface area contributed by atoms with Crippen LogP contribution in [0.15, 0.2) is 48.8 Å². The monoisotopic (exact) mass is 563 g/mol. The number of pyridine rings is 1. The van der Waals surface area contributed by atoms with Crippen molar-refractivity contribution >= 4 is 17.8 Å². The predicted molar refractivity (Wildman–Crippen MR) is 125 cm³/mol. The zero-order chi connectivity index (χ0) is 29.4. The number of aryl methyl sites for hydroxylation is 1. The van der Waals surface area contributed by atoms with Crippen molar-refractivity contribution < 1.29 is 50.9 Å². The molecule has 2 aliphatic rings. The Kier molecular flexibility index (Phi) is 10.4. The van der Waals surface area contributed by atoms with Gasteiger partial charge in [0, 0.05) is 38.6 Å². The molecule has 14 heteroatoms. The van der Waals surface area contributed by atoms with Crippen molar-refractivity contribution in [3.8, 4) is 0 Å². The number of likely N-dealkylation sites (tertiary alicyclic amines) is 2. The van der Waals surface area contributed by atoms with Crippen LogP contribution in [-0.2, 0) is 27.5 Å². The average Bonchev–Trinajstić information content (AvgIpc) is 3.38. The van der Waals surface area contributed by atoms with Gasteiger partial charge in [0.05, 0.1) is 5.41 Å². The average molecular weight is 563 g/mol. The van der Waals surface area contributed by atoms with Gasteiger partial charge in [0.1, 0.15) is 0 Å². The number of carboxylic acid groups (broad SMARTS) is 2. The number of halogens is 6. The maximum Gasteiger partial charge on any atom is 0.490 e. The molecule has 1 atom stereocenters. The summed E-state index contributed by atoms with van der Waals surface area (Å²) < 4.78 is 63.5. The van der Waals surface area contributed by atoms with Gasteiger partial charge in [0.15, 0.2) is 0 Å². The van der Waals surface area contributed by atoms with Crippen LogP contribution in [0.3, 0.4) is 0 Å². The van der Waals surface area contributed by atoms with Crippen molar-refractivity contribution in [1.82, 2.24) is 14.8 Å². The van der Waals surface area contributed by atoms with Gasteiger partial charge >= 0.3 is 24.3 Å². The minimum absolute atomic E-state index is 0.161. The molecule has 0 radical (unpaired) electrons. The fourth-order valence-corrected chi connectivity index (χ4v) is 4.30. The summed E-state index contributed by atoms with van der Waals surface area (Å²) in [6, 6.07) is 12.6. The molecule has 3 heterocycles. The maximum absolute atomic E-state index is 13.1. The lowest BCUT2D eigenvalue weighted by molar-refractivity contribution is -0.193. The number of hydrogen-bond donors (Lipinski definition) is 2. The Bertz CT molecular complexity index is 1120. The number of carbonyl (C=O) groups excluding carboxylic acids is 1. The third-order valence-electron chi connectivity index (χ3n) is 6.10. The lowest BCUT2D eigenvalue weighted by Crippen LogP contribution is -2.36. The molecule has 0 aliphatic carbocycles. The van der Waals surface area contributed by atoms with E-state index >= 15 is 0 Å². The van der Waals surface area contributed by atoms with E-state index in [1.165, 1.54) is 16.7 Å². The zero-order valence-corrected chi connectivity index (χ0v) is 20.8. The Balaban J connectivity index is 0.000000317. The first-order valence-electron chi connectivity index (χ1n) is 11.6. The molecular formula is C25H27F6N3O5. The van der Waals surface area contributed by atoms with Crippen LogP contribution in [0.25, 0.3) is 0 Å². The van der Waals surface area contributed by atoms with Gasteiger partial charge in [-0.15, -0.1) is 0 Å². The molecule has 1 amide bonds. The summed E-state index contributed by atoms with van der Waals surface area (Å²) >= 11 is 0. The molecule has 2 aromatic rings. The first kappa shape index (κ1) is 31.5. The molecule has 2 fully saturated rings. The minimum Gasteiger partial charge on any atom is -0.475 e. The summed E-state index contributed by atoms with van der Waals surface area (Å²) in [7, 11) is 0. The van der Waals surface area contributed by atoms with Crippen LogP contribution in [0.1, 0.15) is 29.5 Å². The van der Waals surface area contributed by atoms with Crippen LogP contribution in [0.5, 0.6) is 0 Å². The molecule has 2 aliphatic heterocycles. The van der Waals surface area contributed by atoms with Crippen LogP contribution < -0.4 is 0 Å². The fourth-order valence-electron chi connectivity index (χ4n) is 4.30.